The van der Waals surface area contributed by atoms with E-state index in [1.165, 1.54) is 19.0 Å². The monoisotopic (exact) mass is 1920 g/mol. The molecule has 3 aromatic heterocycles. The number of oxazole rings is 1. The number of piperidine rings is 3. The van der Waals surface area contributed by atoms with E-state index in [4.69, 9.17) is 78.9 Å². The highest BCUT2D eigenvalue weighted by Crippen LogP contribution is 2.40. The Morgan fingerprint density at radius 1 is 0.745 bits per heavy atom. The maximum Gasteiger partial charge on any atom is 0.329 e. The lowest BCUT2D eigenvalue weighted by molar-refractivity contribution is -0.265. The second-order valence-electron chi connectivity index (χ2n) is 37.9. The van der Waals surface area contributed by atoms with Crippen LogP contribution in [0.1, 0.15) is 174 Å². The van der Waals surface area contributed by atoms with Gasteiger partial charge in [-0.25, -0.2) is 19.4 Å². The van der Waals surface area contributed by atoms with Gasteiger partial charge in [0, 0.05) is 108 Å². The van der Waals surface area contributed by atoms with Gasteiger partial charge in [-0.05, 0) is 181 Å². The van der Waals surface area contributed by atoms with Gasteiger partial charge in [-0.15, -0.1) is 0 Å². The highest BCUT2D eigenvalue weighted by Gasteiger charge is 2.53. The van der Waals surface area contributed by atoms with E-state index in [0.29, 0.717) is 209 Å². The first-order valence-corrected chi connectivity index (χ1v) is 49.1. The van der Waals surface area contributed by atoms with Crippen molar-refractivity contribution in [1.82, 2.24) is 49.6 Å². The van der Waals surface area contributed by atoms with Crippen molar-refractivity contribution in [3.05, 3.63) is 108 Å². The minimum Gasteiger partial charge on any atom is -0.459 e. The number of oxime groups is 1. The third kappa shape index (κ3) is 30.9. The predicted molar refractivity (Wildman–Crippen MR) is 514 cm³/mol. The number of nitrogens with zero attached hydrogens (tertiary/aromatic N) is 10. The Balaban J connectivity index is 0.507. The van der Waals surface area contributed by atoms with Gasteiger partial charge in [0.05, 0.1) is 134 Å². The summed E-state index contributed by atoms with van der Waals surface area (Å²) in [5, 5.41) is 70.8. The summed E-state index contributed by atoms with van der Waals surface area (Å²) >= 11 is 0. The average Bonchev–Trinajstić information content (AvgIpc) is 1.56. The molecule has 15 atom stereocenters. The Bertz CT molecular complexity index is 4840. The van der Waals surface area contributed by atoms with Crippen LogP contribution in [-0.2, 0) is 100 Å². The topological polar surface area (TPSA) is 490 Å². The normalized spacial score (nSPS) is 22.7. The maximum atomic E-state index is 14.6. The molecule has 4 saturated heterocycles. The number of nitrogens with one attached hydrogen (secondary N) is 1. The van der Waals surface area contributed by atoms with E-state index in [1.54, 1.807) is 46.1 Å². The minimum absolute atomic E-state index is 0.00609. The summed E-state index contributed by atoms with van der Waals surface area (Å²) < 4.78 is 65.0. The van der Waals surface area contributed by atoms with E-state index in [0.717, 1.165) is 72.4 Å². The summed E-state index contributed by atoms with van der Waals surface area (Å²) in [6.07, 6.45) is 11.6. The summed E-state index contributed by atoms with van der Waals surface area (Å²) in [6, 6.07) is 10.4. The second kappa shape index (κ2) is 54.0. The van der Waals surface area contributed by atoms with Gasteiger partial charge in [-0.1, -0.05) is 94.9 Å². The molecule has 0 unspecified atom stereocenters. The Morgan fingerprint density at radius 3 is 2.12 bits per heavy atom. The van der Waals surface area contributed by atoms with Crippen molar-refractivity contribution < 1.29 is 111 Å². The van der Waals surface area contributed by atoms with Crippen molar-refractivity contribution in [2.45, 2.75) is 250 Å². The van der Waals surface area contributed by atoms with E-state index in [2.05, 4.69) is 55.1 Å². The molecule has 4 amide bonds. The number of carbonyl (C=O) groups is 6. The molecule has 0 bridgehead atoms. The Morgan fingerprint density at radius 2 is 1.44 bits per heavy atom. The number of aliphatic hydroxyl groups is 5. The number of esters is 1. The molecule has 5 aromatic rings. The van der Waals surface area contributed by atoms with E-state index < -0.39 is 115 Å². The number of hydrogen-bond donors (Lipinski definition) is 9. The SMILES string of the molecule is C=C/C=C/C=C(\C)[C@H](C[C@@H]1CC[C@@H](C)[C@](O)(C(=O)C(=O)N2CCCC[C@H]2C(=O)O[C@@H](C[C@@H](O)[C@H](C)/C=C(\C)[C@@H](O)[C@@H](O)/C(=N/OCC(=O)NCCOCCOCCOCCOCCOCCOCCC(=O)N2CCC(N3CCC(C(=O)N4CCc5cc(Cn6nc(-c7ccc8oc(N)nc8c7)c7c(N)ncnc76)ccc5C4)CC3)CC2)[C@H](C)CC(C)C)[C@H](N)C[C@@H]2CC[C@@H](O)[C@H](OC)C2)O1)OC. The van der Waals surface area contributed by atoms with Crippen LogP contribution in [0.4, 0.5) is 11.8 Å². The number of aromatic nitrogens is 5. The molecule has 5 aliphatic heterocycles. The molecular formula is C100H150N14O23. The van der Waals surface area contributed by atoms with Crippen molar-refractivity contribution in [1.29, 1.82) is 0 Å². The number of aliphatic hydroxyl groups excluding tert-OH is 4. The molecule has 0 radical (unpaired) electrons. The summed E-state index contributed by atoms with van der Waals surface area (Å²) in [5.74, 6) is -7.23. The van der Waals surface area contributed by atoms with E-state index >= 15 is 0 Å². The third-order valence-electron chi connectivity index (χ3n) is 27.5. The number of methoxy groups -OCH3 is 2. The largest absolute Gasteiger partial charge is 0.459 e. The lowest BCUT2D eigenvalue weighted by Gasteiger charge is -2.42. The number of anilines is 2. The zero-order valence-corrected chi connectivity index (χ0v) is 81.5. The maximum absolute atomic E-state index is 14.6. The number of nitrogens with two attached hydrogens (primary N) is 3. The Labute approximate surface area is 804 Å². The fraction of sp³-hybridized carbons (Fsp3) is 0.670. The van der Waals surface area contributed by atoms with Crippen LogP contribution in [0.3, 0.4) is 0 Å². The summed E-state index contributed by atoms with van der Waals surface area (Å²) in [7, 11) is 3.09. The van der Waals surface area contributed by atoms with Crippen LogP contribution in [0.5, 0.6) is 0 Å². The first-order chi connectivity index (χ1) is 65.9. The fourth-order valence-corrected chi connectivity index (χ4v) is 19.5. The van der Waals surface area contributed by atoms with Crippen LogP contribution >= 0.6 is 0 Å². The van der Waals surface area contributed by atoms with Crippen LogP contribution in [0, 0.1) is 35.5 Å². The van der Waals surface area contributed by atoms with Crippen molar-refractivity contribution in [3.8, 4) is 11.3 Å². The molecular weight excluding hydrogens is 1770 g/mol. The number of carbonyl (C=O) groups excluding carboxylic acids is 6. The Kier molecular flexibility index (Phi) is 42.7. The molecule has 11 rings (SSSR count). The second-order valence-corrected chi connectivity index (χ2v) is 37.9. The quantitative estimate of drug-likeness (QED) is 0.00346. The molecule has 2 aromatic carbocycles. The number of allylic oxidation sites excluding steroid dienone is 4. The summed E-state index contributed by atoms with van der Waals surface area (Å²) in [4.78, 5) is 110. The standard InChI is InChI=1S/C100H150N14O23/c1-11-12-13-16-64(4)83(126-9)57-76-23-18-68(8)100(125,137-76)93(121)97(123)113-33-15-14-17-79(113)98(124)135-84(77(101)54-69-20-24-80(115)85(55-69)127-10)58-81(116)65(5)52-67(7)91(119)92(120)89(66(6)51-63(2)3)109-134-61-86(117)104-32-40-129-42-44-131-46-48-133-50-49-132-47-45-130-43-41-128-39-31-87(118)111-37-29-75(30-38-111)110-34-26-71(27-35-110)96(122)112-36-28-72-53-70(19-21-74(72)60-112)59-114-95-88(94(102)105-62-106-95)90(108-114)73-22-25-82-78(56-73)107-99(103)136-82/h11-13,16,19,21-22,25,52-53,56,62-63,65-66,68-69,71,75-77,79-81,83-85,91-92,115-116,119-120,125H,1,14-15,17-18,20,23-24,26-51,54-55,57-61,101H2,2-10H3,(H2,103,107)(H,104,117)(H2,102,105,106)/b13-12+,64-16+,67-52+,109-89+/t65-,66-,68-,69+,76+,77-,79+,80-,81-,83+,84+,85-,91-,92+,100-/m1/s1. The van der Waals surface area contributed by atoms with Crippen molar-refractivity contribution in [2.24, 2.45) is 46.4 Å². The lowest BCUT2D eigenvalue weighted by Crippen LogP contribution is -2.61. The third-order valence-corrected chi connectivity index (χ3v) is 27.5. The van der Waals surface area contributed by atoms with Gasteiger partial charge in [0.1, 0.15) is 47.7 Å². The van der Waals surface area contributed by atoms with Crippen molar-refractivity contribution in [3.63, 3.8) is 0 Å². The molecule has 0 spiro atoms. The molecule has 758 valence electrons. The average molecular weight is 1920 g/mol. The number of amides is 4. The number of nitrogen functional groups attached to an aromatic ring is 2. The highest BCUT2D eigenvalue weighted by molar-refractivity contribution is 6.39. The van der Waals surface area contributed by atoms with Crippen LogP contribution in [-0.4, -0.2) is 330 Å². The molecule has 6 aliphatic rings. The molecule has 12 N–H and O–H groups in total. The number of ketones is 1. The van der Waals surface area contributed by atoms with Gasteiger partial charge in [0.25, 0.3) is 23.6 Å². The van der Waals surface area contributed by atoms with Crippen LogP contribution in [0.25, 0.3) is 33.4 Å². The van der Waals surface area contributed by atoms with Gasteiger partial charge < -0.3 is 124 Å². The van der Waals surface area contributed by atoms with Gasteiger partial charge in [0.2, 0.25) is 17.6 Å². The van der Waals surface area contributed by atoms with Gasteiger partial charge >= 0.3 is 5.97 Å². The summed E-state index contributed by atoms with van der Waals surface area (Å²) in [6.45, 7) is 25.0. The number of ether oxygens (including phenoxy) is 10. The van der Waals surface area contributed by atoms with Crippen LogP contribution in [0.15, 0.2) is 100 Å². The van der Waals surface area contributed by atoms with Crippen LogP contribution < -0.4 is 22.5 Å². The zero-order chi connectivity index (χ0) is 98.2. The van der Waals surface area contributed by atoms with Crippen molar-refractivity contribution in [2.75, 3.05) is 157 Å². The number of fused-ring (bicyclic) bond motifs is 3. The van der Waals surface area contributed by atoms with Crippen LogP contribution in [0.2, 0.25) is 0 Å². The number of Topliss-reactive ketones (excluding diaryl/α,β-unsaturated/α-hetero) is 1. The molecule has 37 heteroatoms. The van der Waals surface area contributed by atoms with E-state index in [-0.39, 0.29) is 86.0 Å². The number of likely N-dealkylation sites (tertiary alicyclic amines) is 3. The number of hydrogen-bond acceptors (Lipinski definition) is 32. The molecule has 1 saturated carbocycles. The van der Waals surface area contributed by atoms with Crippen molar-refractivity contribution >= 4 is 75.1 Å². The fourth-order valence-electron chi connectivity index (χ4n) is 19.5. The molecule has 8 heterocycles. The number of benzene rings is 2. The number of rotatable bonds is 53. The lowest BCUT2D eigenvalue weighted by atomic mass is 9.80. The van der Waals surface area contributed by atoms with Gasteiger partial charge in [-0.3, -0.25) is 24.0 Å². The van der Waals surface area contributed by atoms with E-state index in [1.807, 2.05) is 72.5 Å². The first kappa shape index (κ1) is 108. The van der Waals surface area contributed by atoms with E-state index in [9.17, 15) is 54.3 Å². The minimum atomic E-state index is -2.49. The molecule has 37 nitrogen and oxygen atoms in total. The van der Waals surface area contributed by atoms with Gasteiger partial charge in [0.15, 0.2) is 17.8 Å². The predicted octanol–water partition coefficient (Wildman–Crippen LogP) is 7.50. The molecule has 1 aliphatic carbocycles. The highest BCUT2D eigenvalue weighted by atomic mass is 16.6. The Hall–Kier alpha value is -9.13. The smallest absolute Gasteiger partial charge is 0.329 e. The molecule has 5 fully saturated rings. The molecule has 137 heavy (non-hydrogen) atoms. The van der Waals surface area contributed by atoms with Gasteiger partial charge in [-0.2, -0.15) is 10.1 Å². The zero-order valence-electron chi connectivity index (χ0n) is 81.5. The summed E-state index contributed by atoms with van der Waals surface area (Å²) in [5.41, 5.74) is 27.2. The first-order valence-electron chi connectivity index (χ1n) is 49.1.